The van der Waals surface area contributed by atoms with E-state index < -0.39 is 0 Å². The Morgan fingerprint density at radius 1 is 1.41 bits per heavy atom. The summed E-state index contributed by atoms with van der Waals surface area (Å²) in [5.74, 6) is 4.35. The quantitative estimate of drug-likeness (QED) is 0.923. The standard InChI is InChI=1S/C13H16BrNOS/c14-12-3-10-1-2-16-13(10)11(4-12)8-17-7-9-5-15-6-9/h3-4,9,15H,1-2,5-8H2. The molecule has 0 unspecified atom stereocenters. The molecule has 0 spiro atoms. The number of halogens is 1. The summed E-state index contributed by atoms with van der Waals surface area (Å²) in [6, 6.07) is 4.39. The van der Waals surface area contributed by atoms with E-state index in [1.807, 2.05) is 11.8 Å². The van der Waals surface area contributed by atoms with Crippen LogP contribution < -0.4 is 10.1 Å². The van der Waals surface area contributed by atoms with Crippen molar-refractivity contribution in [3.63, 3.8) is 0 Å². The number of thioether (sulfide) groups is 1. The minimum atomic E-state index is 0.843. The molecule has 0 bridgehead atoms. The summed E-state index contributed by atoms with van der Waals surface area (Å²) < 4.78 is 6.92. The number of nitrogens with one attached hydrogen (secondary N) is 1. The molecule has 2 nitrogen and oxygen atoms in total. The largest absolute Gasteiger partial charge is 0.493 e. The number of hydrogen-bond donors (Lipinski definition) is 1. The maximum absolute atomic E-state index is 5.74. The van der Waals surface area contributed by atoms with Crippen LogP contribution in [0.3, 0.4) is 0 Å². The SMILES string of the molecule is Brc1cc2c(c(CSCC3CNC3)c1)OCC2. The fourth-order valence-electron chi connectivity index (χ4n) is 2.26. The minimum absolute atomic E-state index is 0.843. The third-order valence-electron chi connectivity index (χ3n) is 3.30. The van der Waals surface area contributed by atoms with E-state index in [0.717, 1.165) is 30.4 Å². The summed E-state index contributed by atoms with van der Waals surface area (Å²) in [5.41, 5.74) is 2.71. The summed E-state index contributed by atoms with van der Waals surface area (Å²) in [6.45, 7) is 3.23. The number of benzene rings is 1. The van der Waals surface area contributed by atoms with Crippen molar-refractivity contribution in [3.8, 4) is 5.75 Å². The topological polar surface area (TPSA) is 21.3 Å². The molecule has 0 radical (unpaired) electrons. The molecule has 1 aromatic rings. The molecule has 2 aliphatic rings. The van der Waals surface area contributed by atoms with Gasteiger partial charge in [-0.05, 0) is 42.5 Å². The smallest absolute Gasteiger partial charge is 0.126 e. The van der Waals surface area contributed by atoms with Gasteiger partial charge in [0.2, 0.25) is 0 Å². The van der Waals surface area contributed by atoms with Crippen molar-refractivity contribution in [3.05, 3.63) is 27.7 Å². The lowest BCUT2D eigenvalue weighted by atomic mass is 10.1. The summed E-state index contributed by atoms with van der Waals surface area (Å²) >= 11 is 5.61. The predicted octanol–water partition coefficient (Wildman–Crippen LogP) is 2.84. The van der Waals surface area contributed by atoms with Crippen LogP contribution >= 0.6 is 27.7 Å². The average Bonchev–Trinajstić information content (AvgIpc) is 2.69. The van der Waals surface area contributed by atoms with Crippen LogP contribution in [0.2, 0.25) is 0 Å². The Labute approximate surface area is 115 Å². The van der Waals surface area contributed by atoms with Gasteiger partial charge in [0.15, 0.2) is 0 Å². The normalized spacial score (nSPS) is 18.6. The number of hydrogen-bond acceptors (Lipinski definition) is 3. The first-order chi connectivity index (χ1) is 8.33. The molecule has 0 atom stereocenters. The van der Waals surface area contributed by atoms with Crippen molar-refractivity contribution in [1.29, 1.82) is 0 Å². The molecule has 1 saturated heterocycles. The van der Waals surface area contributed by atoms with E-state index in [1.165, 1.54) is 34.4 Å². The molecule has 0 saturated carbocycles. The molecule has 1 fully saturated rings. The molecule has 0 amide bonds. The molecular weight excluding hydrogens is 298 g/mol. The Morgan fingerprint density at radius 3 is 3.06 bits per heavy atom. The molecular formula is C13H16BrNOS. The van der Waals surface area contributed by atoms with Crippen molar-refractivity contribution in [2.24, 2.45) is 5.92 Å². The molecule has 2 aliphatic heterocycles. The highest BCUT2D eigenvalue weighted by molar-refractivity contribution is 9.10. The van der Waals surface area contributed by atoms with Crippen molar-refractivity contribution < 1.29 is 4.74 Å². The Bertz CT molecular complexity index is 420. The Kier molecular flexibility index (Phi) is 3.64. The van der Waals surface area contributed by atoms with Crippen LogP contribution in [0.4, 0.5) is 0 Å². The molecule has 1 N–H and O–H groups in total. The molecule has 2 heterocycles. The van der Waals surface area contributed by atoms with Gasteiger partial charge in [-0.2, -0.15) is 11.8 Å². The monoisotopic (exact) mass is 313 g/mol. The zero-order chi connectivity index (χ0) is 11.7. The van der Waals surface area contributed by atoms with Gasteiger partial charge in [0.05, 0.1) is 6.61 Å². The number of rotatable bonds is 4. The van der Waals surface area contributed by atoms with Gasteiger partial charge in [0.25, 0.3) is 0 Å². The summed E-state index contributed by atoms with van der Waals surface area (Å²) in [6.07, 6.45) is 1.05. The second-order valence-electron chi connectivity index (χ2n) is 4.69. The van der Waals surface area contributed by atoms with Gasteiger partial charge in [-0.1, -0.05) is 15.9 Å². The minimum Gasteiger partial charge on any atom is -0.493 e. The van der Waals surface area contributed by atoms with Gasteiger partial charge < -0.3 is 10.1 Å². The molecule has 1 aromatic carbocycles. The third kappa shape index (κ3) is 2.64. The Balaban J connectivity index is 1.65. The van der Waals surface area contributed by atoms with Crippen molar-refractivity contribution in [2.75, 3.05) is 25.4 Å². The van der Waals surface area contributed by atoms with E-state index >= 15 is 0 Å². The van der Waals surface area contributed by atoms with Crippen LogP contribution in [0.15, 0.2) is 16.6 Å². The fraction of sp³-hybridized carbons (Fsp3) is 0.538. The molecule has 92 valence electrons. The maximum Gasteiger partial charge on any atom is 0.126 e. The second-order valence-corrected chi connectivity index (χ2v) is 6.64. The first kappa shape index (κ1) is 11.9. The van der Waals surface area contributed by atoms with E-state index in [-0.39, 0.29) is 0 Å². The average molecular weight is 314 g/mol. The zero-order valence-corrected chi connectivity index (χ0v) is 12.1. The van der Waals surface area contributed by atoms with Crippen LogP contribution in [-0.4, -0.2) is 25.4 Å². The van der Waals surface area contributed by atoms with Gasteiger partial charge in [-0.25, -0.2) is 0 Å². The predicted molar refractivity (Wildman–Crippen MR) is 75.9 cm³/mol. The van der Waals surface area contributed by atoms with Gasteiger partial charge in [-0.3, -0.25) is 0 Å². The van der Waals surface area contributed by atoms with Crippen LogP contribution in [-0.2, 0) is 12.2 Å². The van der Waals surface area contributed by atoms with Crippen LogP contribution in [0, 0.1) is 5.92 Å². The Hall–Kier alpha value is -0.190. The third-order valence-corrected chi connectivity index (χ3v) is 4.98. The Morgan fingerprint density at radius 2 is 2.29 bits per heavy atom. The second kappa shape index (κ2) is 5.21. The molecule has 0 aromatic heterocycles. The fourth-order valence-corrected chi connectivity index (χ4v) is 3.93. The van der Waals surface area contributed by atoms with E-state index in [4.69, 9.17) is 4.74 Å². The molecule has 3 rings (SSSR count). The van der Waals surface area contributed by atoms with Gasteiger partial charge >= 0.3 is 0 Å². The van der Waals surface area contributed by atoms with E-state index in [2.05, 4.69) is 33.4 Å². The molecule has 0 aliphatic carbocycles. The highest BCUT2D eigenvalue weighted by Gasteiger charge is 2.19. The first-order valence-corrected chi connectivity index (χ1v) is 8.00. The number of fused-ring (bicyclic) bond motifs is 1. The lowest BCUT2D eigenvalue weighted by Gasteiger charge is -2.26. The number of ether oxygens (including phenoxy) is 1. The maximum atomic E-state index is 5.74. The van der Waals surface area contributed by atoms with Crippen LogP contribution in [0.1, 0.15) is 11.1 Å². The highest BCUT2D eigenvalue weighted by atomic mass is 79.9. The van der Waals surface area contributed by atoms with E-state index in [9.17, 15) is 0 Å². The molecule has 4 heteroatoms. The van der Waals surface area contributed by atoms with Crippen LogP contribution in [0.25, 0.3) is 0 Å². The van der Waals surface area contributed by atoms with Crippen molar-refractivity contribution >= 4 is 27.7 Å². The lowest BCUT2D eigenvalue weighted by Crippen LogP contribution is -2.43. The zero-order valence-electron chi connectivity index (χ0n) is 9.67. The van der Waals surface area contributed by atoms with Gasteiger partial charge in [0, 0.05) is 22.2 Å². The van der Waals surface area contributed by atoms with E-state index in [1.54, 1.807) is 0 Å². The summed E-state index contributed by atoms with van der Waals surface area (Å²) in [4.78, 5) is 0. The summed E-state index contributed by atoms with van der Waals surface area (Å²) in [5, 5.41) is 3.32. The lowest BCUT2D eigenvalue weighted by molar-refractivity contribution is 0.354. The van der Waals surface area contributed by atoms with Crippen LogP contribution in [0.5, 0.6) is 5.75 Å². The van der Waals surface area contributed by atoms with Crippen molar-refractivity contribution in [1.82, 2.24) is 5.32 Å². The molecule has 17 heavy (non-hydrogen) atoms. The van der Waals surface area contributed by atoms with E-state index in [0.29, 0.717) is 0 Å². The van der Waals surface area contributed by atoms with Gasteiger partial charge in [-0.15, -0.1) is 0 Å². The highest BCUT2D eigenvalue weighted by Crippen LogP contribution is 2.35. The van der Waals surface area contributed by atoms with Gasteiger partial charge in [0.1, 0.15) is 5.75 Å². The van der Waals surface area contributed by atoms with Crippen molar-refractivity contribution in [2.45, 2.75) is 12.2 Å². The first-order valence-electron chi connectivity index (χ1n) is 6.05. The summed E-state index contributed by atoms with van der Waals surface area (Å²) in [7, 11) is 0.